The molecule has 0 bridgehead atoms. The average molecular weight is 423 g/mol. The van der Waals surface area contributed by atoms with Crippen LogP contribution >= 0.6 is 11.6 Å². The zero-order valence-electron chi connectivity index (χ0n) is 16.5. The number of rotatable bonds is 4. The number of nitrogens with zero attached hydrogens (tertiary/aromatic N) is 1. The van der Waals surface area contributed by atoms with Gasteiger partial charge in [-0.25, -0.2) is 0 Å². The Hall–Kier alpha value is -2.79. The van der Waals surface area contributed by atoms with Crippen LogP contribution in [0.15, 0.2) is 42.5 Å². The van der Waals surface area contributed by atoms with E-state index >= 15 is 0 Å². The van der Waals surface area contributed by atoms with Crippen molar-refractivity contribution in [2.75, 3.05) is 0 Å². The minimum Gasteiger partial charge on any atom is -0.480 e. The summed E-state index contributed by atoms with van der Waals surface area (Å²) in [4.78, 5) is 24.5. The van der Waals surface area contributed by atoms with Crippen molar-refractivity contribution in [1.82, 2.24) is 9.88 Å². The molecule has 2 N–H and O–H groups in total. The summed E-state index contributed by atoms with van der Waals surface area (Å²) in [5.74, 6) is -0.904. The second-order valence-corrected chi connectivity index (χ2v) is 8.77. The van der Waals surface area contributed by atoms with Gasteiger partial charge >= 0.3 is 5.97 Å². The number of hydrogen-bond acceptors (Lipinski definition) is 2. The molecule has 3 aromatic rings. The predicted molar refractivity (Wildman–Crippen MR) is 116 cm³/mol. The number of aromatic nitrogens is 1. The second kappa shape index (κ2) is 7.47. The van der Waals surface area contributed by atoms with E-state index in [2.05, 4.69) is 17.4 Å². The van der Waals surface area contributed by atoms with E-state index in [1.807, 2.05) is 28.8 Å². The van der Waals surface area contributed by atoms with Gasteiger partial charge in [0.05, 0.1) is 10.5 Å². The van der Waals surface area contributed by atoms with Crippen molar-refractivity contribution in [1.29, 1.82) is 0 Å². The molecule has 0 saturated carbocycles. The van der Waals surface area contributed by atoms with E-state index in [0.29, 0.717) is 24.3 Å². The fourth-order valence-corrected chi connectivity index (χ4v) is 5.45. The predicted octanol–water partition coefficient (Wildman–Crippen LogP) is 3.77. The van der Waals surface area contributed by atoms with Gasteiger partial charge in [0, 0.05) is 23.0 Å². The van der Waals surface area contributed by atoms with Gasteiger partial charge in [0.1, 0.15) is 6.54 Å². The maximum absolute atomic E-state index is 13.1. The molecule has 5 rings (SSSR count). The second-order valence-electron chi connectivity index (χ2n) is 8.36. The van der Waals surface area contributed by atoms with E-state index in [-0.39, 0.29) is 24.4 Å². The summed E-state index contributed by atoms with van der Waals surface area (Å²) in [6, 6.07) is 14.2. The first-order valence-electron chi connectivity index (χ1n) is 10.4. The number of halogens is 1. The highest BCUT2D eigenvalue weighted by Crippen LogP contribution is 2.37. The monoisotopic (exact) mass is 422 g/mol. The van der Waals surface area contributed by atoms with Crippen molar-refractivity contribution in [3.05, 3.63) is 69.9 Å². The lowest BCUT2D eigenvalue weighted by Crippen LogP contribution is -2.41. The quantitative estimate of drug-likeness (QED) is 0.672. The van der Waals surface area contributed by atoms with Crippen molar-refractivity contribution in [3.8, 4) is 0 Å². The van der Waals surface area contributed by atoms with E-state index in [4.69, 9.17) is 11.6 Å². The van der Waals surface area contributed by atoms with Crippen molar-refractivity contribution >= 4 is 34.4 Å². The minimum atomic E-state index is -0.893. The van der Waals surface area contributed by atoms with Crippen LogP contribution in [0.4, 0.5) is 0 Å². The van der Waals surface area contributed by atoms with Crippen LogP contribution in [-0.4, -0.2) is 27.6 Å². The Bertz CT molecular complexity index is 1140. The van der Waals surface area contributed by atoms with Gasteiger partial charge < -0.3 is 15.0 Å². The van der Waals surface area contributed by atoms with Crippen LogP contribution in [0.3, 0.4) is 0 Å². The van der Waals surface area contributed by atoms with Crippen LogP contribution in [0.2, 0.25) is 5.02 Å². The van der Waals surface area contributed by atoms with E-state index in [1.165, 1.54) is 11.1 Å². The summed E-state index contributed by atoms with van der Waals surface area (Å²) < 4.78 is 1.82. The number of amides is 1. The standard InChI is InChI=1S/C24H23ClN2O3/c25-20-7-3-6-18-19-12-16(8-9-21(19)27(23(18)20)13-22(28)29)24(30)26-17-10-14-4-1-2-5-15(14)11-17/h1-7,16-17H,8-13H2,(H,26,30)(H,28,29). The molecule has 0 radical (unpaired) electrons. The van der Waals surface area contributed by atoms with Crippen LogP contribution < -0.4 is 5.32 Å². The molecular formula is C24H23ClN2O3. The van der Waals surface area contributed by atoms with E-state index in [0.717, 1.165) is 35.0 Å². The lowest BCUT2D eigenvalue weighted by Gasteiger charge is -2.25. The Labute approximate surface area is 179 Å². The molecule has 2 aliphatic carbocycles. The molecule has 5 nitrogen and oxygen atoms in total. The highest BCUT2D eigenvalue weighted by Gasteiger charge is 2.32. The lowest BCUT2D eigenvalue weighted by atomic mass is 9.85. The van der Waals surface area contributed by atoms with Gasteiger partial charge in [0.2, 0.25) is 5.91 Å². The SMILES string of the molecule is O=C(O)Cn1c2c(c3cccc(Cl)c31)CC(C(=O)NC1Cc3ccccc3C1)CC2. The first-order chi connectivity index (χ1) is 14.5. The molecule has 1 heterocycles. The topological polar surface area (TPSA) is 71.3 Å². The smallest absolute Gasteiger partial charge is 0.323 e. The fourth-order valence-electron chi connectivity index (χ4n) is 5.17. The maximum atomic E-state index is 13.1. The number of fused-ring (bicyclic) bond motifs is 4. The summed E-state index contributed by atoms with van der Waals surface area (Å²) in [6.45, 7) is -0.118. The third-order valence-corrected chi connectivity index (χ3v) is 6.80. The van der Waals surface area contributed by atoms with Gasteiger partial charge in [-0.2, -0.15) is 0 Å². The summed E-state index contributed by atoms with van der Waals surface area (Å²) in [5, 5.41) is 14.2. The zero-order chi connectivity index (χ0) is 20.8. The lowest BCUT2D eigenvalue weighted by molar-refractivity contribution is -0.137. The van der Waals surface area contributed by atoms with Gasteiger partial charge in [-0.3, -0.25) is 9.59 Å². The molecule has 6 heteroatoms. The Morgan fingerprint density at radius 2 is 1.80 bits per heavy atom. The third-order valence-electron chi connectivity index (χ3n) is 6.50. The summed E-state index contributed by atoms with van der Waals surface area (Å²) in [7, 11) is 0. The molecule has 0 aliphatic heterocycles. The number of nitrogens with one attached hydrogen (secondary N) is 1. The highest BCUT2D eigenvalue weighted by molar-refractivity contribution is 6.35. The molecule has 0 fully saturated rings. The van der Waals surface area contributed by atoms with E-state index in [1.54, 1.807) is 6.07 Å². The van der Waals surface area contributed by atoms with Gasteiger partial charge in [-0.05, 0) is 54.9 Å². The molecular weight excluding hydrogens is 400 g/mol. The first kappa shape index (κ1) is 19.2. The fraction of sp³-hybridized carbons (Fsp3) is 0.333. The number of carbonyl (C=O) groups is 2. The van der Waals surface area contributed by atoms with Gasteiger partial charge in [-0.1, -0.05) is 48.0 Å². The van der Waals surface area contributed by atoms with Gasteiger partial charge in [0.25, 0.3) is 0 Å². The molecule has 1 atom stereocenters. The maximum Gasteiger partial charge on any atom is 0.323 e. The Kier molecular flexibility index (Phi) is 4.78. The van der Waals surface area contributed by atoms with Gasteiger partial charge in [0.15, 0.2) is 0 Å². The van der Waals surface area contributed by atoms with Crippen LogP contribution in [0.25, 0.3) is 10.9 Å². The van der Waals surface area contributed by atoms with Gasteiger partial charge in [-0.15, -0.1) is 0 Å². The van der Waals surface area contributed by atoms with Crippen LogP contribution in [0.1, 0.15) is 28.8 Å². The van der Waals surface area contributed by atoms with Crippen LogP contribution in [0.5, 0.6) is 0 Å². The highest BCUT2D eigenvalue weighted by atomic mass is 35.5. The summed E-state index contributed by atoms with van der Waals surface area (Å²) in [6.07, 6.45) is 3.77. The van der Waals surface area contributed by atoms with Crippen LogP contribution in [0, 0.1) is 5.92 Å². The minimum absolute atomic E-state index is 0.0969. The molecule has 0 spiro atoms. The van der Waals surface area contributed by atoms with Crippen molar-refractivity contribution in [2.45, 2.75) is 44.7 Å². The molecule has 154 valence electrons. The number of para-hydroxylation sites is 1. The van der Waals surface area contributed by atoms with Crippen molar-refractivity contribution in [2.24, 2.45) is 5.92 Å². The number of benzene rings is 2. The zero-order valence-corrected chi connectivity index (χ0v) is 17.3. The Morgan fingerprint density at radius 3 is 2.50 bits per heavy atom. The van der Waals surface area contributed by atoms with Crippen molar-refractivity contribution < 1.29 is 14.7 Å². The summed E-state index contributed by atoms with van der Waals surface area (Å²) in [5.41, 5.74) is 5.46. The largest absolute Gasteiger partial charge is 0.480 e. The van der Waals surface area contributed by atoms with E-state index < -0.39 is 5.97 Å². The Morgan fingerprint density at radius 1 is 1.07 bits per heavy atom. The number of carbonyl (C=O) groups excluding carboxylic acids is 1. The third kappa shape index (κ3) is 3.27. The molecule has 2 aromatic carbocycles. The molecule has 0 saturated heterocycles. The normalized spacial score (nSPS) is 18.2. The molecule has 2 aliphatic rings. The number of carboxylic acids is 1. The molecule has 1 aromatic heterocycles. The van der Waals surface area contributed by atoms with Crippen LogP contribution in [-0.2, 0) is 41.8 Å². The Balaban J connectivity index is 1.39. The van der Waals surface area contributed by atoms with Crippen molar-refractivity contribution in [3.63, 3.8) is 0 Å². The average Bonchev–Trinajstić information content (AvgIpc) is 3.27. The molecule has 1 amide bonds. The molecule has 30 heavy (non-hydrogen) atoms. The number of carboxylic acid groups (broad SMARTS) is 1. The number of hydrogen-bond donors (Lipinski definition) is 2. The number of aliphatic carboxylic acids is 1. The summed E-state index contributed by atoms with van der Waals surface area (Å²) >= 11 is 6.43. The first-order valence-corrected chi connectivity index (χ1v) is 10.8. The van der Waals surface area contributed by atoms with E-state index in [9.17, 15) is 14.7 Å². The molecule has 1 unspecified atom stereocenters.